The molecule has 0 aliphatic carbocycles. The van der Waals surface area contributed by atoms with Gasteiger partial charge in [0.2, 0.25) is 0 Å². The number of phenols is 1. The number of hydrogen-bond acceptors (Lipinski definition) is 8. The first-order valence-electron chi connectivity index (χ1n) is 9.93. The Morgan fingerprint density at radius 1 is 1.06 bits per heavy atom. The summed E-state index contributed by atoms with van der Waals surface area (Å²) in [6.07, 6.45) is 1.44. The molecule has 0 aliphatic heterocycles. The Morgan fingerprint density at radius 3 is 2.67 bits per heavy atom. The molecule has 8 nitrogen and oxygen atoms in total. The van der Waals surface area contributed by atoms with Crippen LogP contribution >= 0.6 is 11.3 Å². The van der Waals surface area contributed by atoms with E-state index < -0.39 is 5.91 Å². The maximum atomic E-state index is 12.1. The summed E-state index contributed by atoms with van der Waals surface area (Å²) in [6, 6.07) is 18.1. The molecule has 168 valence electrons. The molecule has 0 radical (unpaired) electrons. The molecule has 9 heteroatoms. The van der Waals surface area contributed by atoms with Gasteiger partial charge in [-0.2, -0.15) is 5.10 Å². The maximum Gasteiger partial charge on any atom is 0.277 e. The van der Waals surface area contributed by atoms with Gasteiger partial charge in [0.1, 0.15) is 5.01 Å². The quantitative estimate of drug-likeness (QED) is 0.300. The van der Waals surface area contributed by atoms with E-state index in [1.165, 1.54) is 19.4 Å². The van der Waals surface area contributed by atoms with E-state index in [1.54, 1.807) is 36.6 Å². The number of aromatic hydroxyl groups is 1. The van der Waals surface area contributed by atoms with Crippen molar-refractivity contribution in [1.29, 1.82) is 0 Å². The minimum atomic E-state index is -0.436. The molecule has 1 heterocycles. The SMILES string of the molecule is COc1cc(/C=N/NC(=O)COc2ccc(-c3nc4ccccc4s3)cc2OC)ccc1O. The molecule has 2 N–H and O–H groups in total. The van der Waals surface area contributed by atoms with E-state index in [0.29, 0.717) is 22.8 Å². The molecule has 1 aromatic heterocycles. The van der Waals surface area contributed by atoms with Crippen molar-refractivity contribution in [1.82, 2.24) is 10.4 Å². The van der Waals surface area contributed by atoms with Crippen LogP contribution < -0.4 is 19.6 Å². The Bertz CT molecular complexity index is 1290. The molecule has 0 saturated carbocycles. The standard InChI is InChI=1S/C24H21N3O5S/c1-30-20-11-15(7-9-18(20)28)13-25-27-23(29)14-32-19-10-8-16(12-21(19)31-2)24-26-17-5-3-4-6-22(17)33-24/h3-13,28H,14H2,1-2H3,(H,27,29)/b25-13+. The second-order valence-electron chi connectivity index (χ2n) is 6.87. The van der Waals surface area contributed by atoms with Gasteiger partial charge in [-0.1, -0.05) is 12.1 Å². The lowest BCUT2D eigenvalue weighted by Gasteiger charge is -2.11. The molecule has 0 saturated heterocycles. The predicted octanol–water partition coefficient (Wildman–Crippen LogP) is 4.22. The summed E-state index contributed by atoms with van der Waals surface area (Å²) in [5, 5.41) is 14.4. The number of nitrogens with one attached hydrogen (secondary N) is 1. The third-order valence-corrected chi connectivity index (χ3v) is 5.76. The Kier molecular flexibility index (Phi) is 6.70. The predicted molar refractivity (Wildman–Crippen MR) is 127 cm³/mol. The van der Waals surface area contributed by atoms with Crippen LogP contribution in [-0.2, 0) is 4.79 Å². The van der Waals surface area contributed by atoms with Crippen molar-refractivity contribution in [2.75, 3.05) is 20.8 Å². The number of fused-ring (bicyclic) bond motifs is 1. The number of methoxy groups -OCH3 is 2. The number of phenolic OH excluding ortho intramolecular Hbond substituents is 1. The van der Waals surface area contributed by atoms with Gasteiger partial charge in [-0.25, -0.2) is 10.4 Å². The molecule has 0 spiro atoms. The number of thiazole rings is 1. The lowest BCUT2D eigenvalue weighted by Crippen LogP contribution is -2.24. The molecule has 0 fully saturated rings. The number of ether oxygens (including phenoxy) is 3. The monoisotopic (exact) mass is 463 g/mol. The second kappa shape index (κ2) is 10.0. The highest BCUT2D eigenvalue weighted by Crippen LogP contribution is 2.36. The van der Waals surface area contributed by atoms with Crippen molar-refractivity contribution >= 4 is 33.7 Å². The summed E-state index contributed by atoms with van der Waals surface area (Å²) in [4.78, 5) is 16.8. The molecule has 1 amide bonds. The highest BCUT2D eigenvalue weighted by molar-refractivity contribution is 7.21. The van der Waals surface area contributed by atoms with Gasteiger partial charge in [0.25, 0.3) is 5.91 Å². The number of amides is 1. The number of hydrazone groups is 1. The summed E-state index contributed by atoms with van der Waals surface area (Å²) in [5.41, 5.74) is 4.89. The smallest absolute Gasteiger partial charge is 0.277 e. The van der Waals surface area contributed by atoms with E-state index >= 15 is 0 Å². The molecule has 4 aromatic rings. The largest absolute Gasteiger partial charge is 0.504 e. The molecule has 0 bridgehead atoms. The van der Waals surface area contributed by atoms with Crippen LogP contribution in [0.5, 0.6) is 23.0 Å². The summed E-state index contributed by atoms with van der Waals surface area (Å²) in [6.45, 7) is -0.243. The lowest BCUT2D eigenvalue weighted by molar-refractivity contribution is -0.123. The summed E-state index contributed by atoms with van der Waals surface area (Å²) >= 11 is 1.59. The zero-order valence-corrected chi connectivity index (χ0v) is 18.8. The highest BCUT2D eigenvalue weighted by Gasteiger charge is 2.12. The minimum Gasteiger partial charge on any atom is -0.504 e. The van der Waals surface area contributed by atoms with Crippen molar-refractivity contribution in [3.05, 3.63) is 66.2 Å². The van der Waals surface area contributed by atoms with E-state index in [0.717, 1.165) is 20.8 Å². The van der Waals surface area contributed by atoms with Gasteiger partial charge in [-0.3, -0.25) is 4.79 Å². The number of benzene rings is 3. The Balaban J connectivity index is 1.38. The summed E-state index contributed by atoms with van der Waals surface area (Å²) in [5.74, 6) is 0.837. The highest BCUT2D eigenvalue weighted by atomic mass is 32.1. The molecule has 0 aliphatic rings. The maximum absolute atomic E-state index is 12.1. The fourth-order valence-electron chi connectivity index (χ4n) is 3.04. The number of nitrogens with zero attached hydrogens (tertiary/aromatic N) is 2. The fourth-order valence-corrected chi connectivity index (χ4v) is 4.01. The number of hydrogen-bond donors (Lipinski definition) is 2. The van der Waals surface area contributed by atoms with Crippen molar-refractivity contribution < 1.29 is 24.1 Å². The fraction of sp³-hybridized carbons (Fsp3) is 0.125. The van der Waals surface area contributed by atoms with Gasteiger partial charge in [0.15, 0.2) is 29.6 Å². The minimum absolute atomic E-state index is 0.0233. The van der Waals surface area contributed by atoms with Gasteiger partial charge < -0.3 is 19.3 Å². The van der Waals surface area contributed by atoms with E-state index in [-0.39, 0.29) is 12.4 Å². The van der Waals surface area contributed by atoms with E-state index in [4.69, 9.17) is 14.2 Å². The van der Waals surface area contributed by atoms with Crippen molar-refractivity contribution in [3.8, 4) is 33.6 Å². The third kappa shape index (κ3) is 5.21. The van der Waals surface area contributed by atoms with E-state index in [1.807, 2.05) is 36.4 Å². The van der Waals surface area contributed by atoms with Crippen LogP contribution in [0, 0.1) is 0 Å². The van der Waals surface area contributed by atoms with Gasteiger partial charge in [0.05, 0.1) is 30.7 Å². The topological polar surface area (TPSA) is 102 Å². The summed E-state index contributed by atoms with van der Waals surface area (Å²) < 4.78 is 17.2. The molecular formula is C24H21N3O5S. The van der Waals surface area contributed by atoms with Crippen LogP contribution in [0.1, 0.15) is 5.56 Å². The van der Waals surface area contributed by atoms with Crippen LogP contribution in [0.2, 0.25) is 0 Å². The van der Waals surface area contributed by atoms with Gasteiger partial charge >= 0.3 is 0 Å². The lowest BCUT2D eigenvalue weighted by atomic mass is 10.2. The first kappa shape index (κ1) is 22.1. The Labute approximate surface area is 194 Å². The Hall–Kier alpha value is -4.11. The van der Waals surface area contributed by atoms with Crippen LogP contribution in [0.3, 0.4) is 0 Å². The number of para-hydroxylation sites is 1. The van der Waals surface area contributed by atoms with Crippen LogP contribution in [0.4, 0.5) is 0 Å². The van der Waals surface area contributed by atoms with Crippen LogP contribution in [0.25, 0.3) is 20.8 Å². The third-order valence-electron chi connectivity index (χ3n) is 4.67. The first-order valence-corrected chi connectivity index (χ1v) is 10.7. The average molecular weight is 464 g/mol. The molecular weight excluding hydrogens is 442 g/mol. The number of rotatable bonds is 8. The second-order valence-corrected chi connectivity index (χ2v) is 7.90. The number of carbonyl (C=O) groups is 1. The zero-order chi connectivity index (χ0) is 23.2. The van der Waals surface area contributed by atoms with Crippen molar-refractivity contribution in [2.45, 2.75) is 0 Å². The average Bonchev–Trinajstić information content (AvgIpc) is 3.28. The molecule has 3 aromatic carbocycles. The number of aromatic nitrogens is 1. The van der Waals surface area contributed by atoms with Gasteiger partial charge in [-0.05, 0) is 54.1 Å². The van der Waals surface area contributed by atoms with Crippen LogP contribution in [0.15, 0.2) is 65.8 Å². The van der Waals surface area contributed by atoms with E-state index in [2.05, 4.69) is 15.5 Å². The molecule has 0 atom stereocenters. The Morgan fingerprint density at radius 2 is 1.88 bits per heavy atom. The van der Waals surface area contributed by atoms with Gasteiger partial charge in [0, 0.05) is 5.56 Å². The van der Waals surface area contributed by atoms with Crippen LogP contribution in [-0.4, -0.2) is 43.0 Å². The molecule has 33 heavy (non-hydrogen) atoms. The van der Waals surface area contributed by atoms with Crippen molar-refractivity contribution in [2.24, 2.45) is 5.10 Å². The van der Waals surface area contributed by atoms with Gasteiger partial charge in [-0.15, -0.1) is 11.3 Å². The summed E-state index contributed by atoms with van der Waals surface area (Å²) in [7, 11) is 3.00. The normalized spacial score (nSPS) is 11.0. The molecule has 4 rings (SSSR count). The first-order chi connectivity index (χ1) is 16.1. The van der Waals surface area contributed by atoms with Crippen molar-refractivity contribution in [3.63, 3.8) is 0 Å². The molecule has 0 unspecified atom stereocenters. The number of carbonyl (C=O) groups excluding carboxylic acids is 1. The zero-order valence-electron chi connectivity index (χ0n) is 17.9. The van der Waals surface area contributed by atoms with E-state index in [9.17, 15) is 9.90 Å².